The monoisotopic (exact) mass is 277 g/mol. The summed E-state index contributed by atoms with van der Waals surface area (Å²) in [5.74, 6) is 1.82. The van der Waals surface area contributed by atoms with E-state index in [2.05, 4.69) is 20.6 Å². The van der Waals surface area contributed by atoms with Gasteiger partial charge < -0.3 is 14.6 Å². The molecule has 5 heteroatoms. The van der Waals surface area contributed by atoms with Crippen LogP contribution in [0, 0.1) is 5.92 Å². The Balaban J connectivity index is 1.61. The second-order valence-electron chi connectivity index (χ2n) is 6.16. The minimum Gasteiger partial charge on any atom is -0.481 e. The predicted octanol–water partition coefficient (Wildman–Crippen LogP) is 1.95. The number of aromatic nitrogens is 2. The first-order chi connectivity index (χ1) is 9.72. The second-order valence-corrected chi connectivity index (χ2v) is 6.16. The molecule has 0 amide bonds. The van der Waals surface area contributed by atoms with E-state index in [1.807, 2.05) is 6.20 Å². The zero-order valence-corrected chi connectivity index (χ0v) is 11.9. The van der Waals surface area contributed by atoms with E-state index in [0.717, 1.165) is 32.0 Å². The largest absolute Gasteiger partial charge is 0.481 e. The maximum Gasteiger partial charge on any atom is 0.304 e. The van der Waals surface area contributed by atoms with Crippen LogP contribution >= 0.6 is 0 Å². The number of hydrogen-bond acceptors (Lipinski definition) is 3. The van der Waals surface area contributed by atoms with Gasteiger partial charge in [-0.2, -0.15) is 0 Å². The van der Waals surface area contributed by atoms with Crippen molar-refractivity contribution in [2.24, 2.45) is 5.92 Å². The van der Waals surface area contributed by atoms with E-state index < -0.39 is 5.97 Å². The molecule has 1 aromatic heterocycles. The number of rotatable bonds is 6. The number of piperidine rings is 1. The summed E-state index contributed by atoms with van der Waals surface area (Å²) >= 11 is 0. The summed E-state index contributed by atoms with van der Waals surface area (Å²) in [6.07, 6.45) is 9.27. The van der Waals surface area contributed by atoms with Crippen molar-refractivity contribution in [3.8, 4) is 0 Å². The van der Waals surface area contributed by atoms with Crippen LogP contribution in [0.25, 0.3) is 0 Å². The highest BCUT2D eigenvalue weighted by atomic mass is 16.4. The lowest BCUT2D eigenvalue weighted by Crippen LogP contribution is -2.36. The molecule has 1 aromatic rings. The Bertz CT molecular complexity index is 467. The maximum absolute atomic E-state index is 10.7. The Kier molecular flexibility index (Phi) is 4.05. The van der Waals surface area contributed by atoms with Crippen molar-refractivity contribution in [2.75, 3.05) is 19.6 Å². The molecule has 1 N–H and O–H groups in total. The van der Waals surface area contributed by atoms with Gasteiger partial charge in [0.05, 0.1) is 6.42 Å². The van der Waals surface area contributed by atoms with E-state index in [4.69, 9.17) is 5.11 Å². The van der Waals surface area contributed by atoms with Crippen molar-refractivity contribution in [2.45, 2.75) is 44.6 Å². The minimum atomic E-state index is -0.706. The van der Waals surface area contributed by atoms with E-state index in [1.165, 1.54) is 25.1 Å². The normalized spacial score (nSPS) is 23.9. The lowest BCUT2D eigenvalue weighted by atomic mass is 9.97. The highest BCUT2D eigenvalue weighted by molar-refractivity contribution is 5.66. The third kappa shape index (κ3) is 3.39. The fraction of sp³-hybridized carbons (Fsp3) is 0.733. The molecule has 1 atom stereocenters. The molecule has 3 rings (SSSR count). The molecule has 2 fully saturated rings. The van der Waals surface area contributed by atoms with Crippen LogP contribution in [0.2, 0.25) is 0 Å². The highest BCUT2D eigenvalue weighted by Gasteiger charge is 2.27. The summed E-state index contributed by atoms with van der Waals surface area (Å²) in [4.78, 5) is 17.5. The molecule has 5 nitrogen and oxygen atoms in total. The van der Waals surface area contributed by atoms with Gasteiger partial charge in [0.2, 0.25) is 0 Å². The number of aliphatic carboxylic acids is 1. The molecular weight excluding hydrogens is 254 g/mol. The van der Waals surface area contributed by atoms with Crippen molar-refractivity contribution >= 4 is 5.97 Å². The van der Waals surface area contributed by atoms with Gasteiger partial charge in [-0.3, -0.25) is 4.79 Å². The summed E-state index contributed by atoms with van der Waals surface area (Å²) in [6, 6.07) is 0. The van der Waals surface area contributed by atoms with Gasteiger partial charge in [0.25, 0.3) is 0 Å². The first-order valence-electron chi connectivity index (χ1n) is 7.67. The van der Waals surface area contributed by atoms with Crippen LogP contribution in [0.5, 0.6) is 0 Å². The second kappa shape index (κ2) is 5.95. The van der Waals surface area contributed by atoms with Gasteiger partial charge in [-0.05, 0) is 38.1 Å². The molecule has 1 aliphatic carbocycles. The molecule has 0 aromatic carbocycles. The van der Waals surface area contributed by atoms with Gasteiger partial charge in [-0.1, -0.05) is 0 Å². The number of likely N-dealkylation sites (tertiary alicyclic amines) is 1. The Hall–Kier alpha value is -1.36. The topological polar surface area (TPSA) is 58.4 Å². The van der Waals surface area contributed by atoms with Crippen molar-refractivity contribution in [3.63, 3.8) is 0 Å². The average molecular weight is 277 g/mol. The molecule has 1 aliphatic heterocycles. The zero-order chi connectivity index (χ0) is 13.9. The van der Waals surface area contributed by atoms with Crippen LogP contribution in [0.1, 0.15) is 43.8 Å². The Morgan fingerprint density at radius 1 is 1.40 bits per heavy atom. The molecule has 110 valence electrons. The third-order valence-electron chi connectivity index (χ3n) is 4.41. The first-order valence-corrected chi connectivity index (χ1v) is 7.67. The summed E-state index contributed by atoms with van der Waals surface area (Å²) < 4.78 is 2.32. The Labute approximate surface area is 119 Å². The van der Waals surface area contributed by atoms with Gasteiger partial charge in [0.1, 0.15) is 5.82 Å². The molecule has 0 spiro atoms. The summed E-state index contributed by atoms with van der Waals surface area (Å²) in [6.45, 7) is 3.75. The summed E-state index contributed by atoms with van der Waals surface area (Å²) in [5.41, 5.74) is 0. The van der Waals surface area contributed by atoms with Crippen molar-refractivity contribution < 1.29 is 9.90 Å². The molecule has 20 heavy (non-hydrogen) atoms. The van der Waals surface area contributed by atoms with E-state index >= 15 is 0 Å². The van der Waals surface area contributed by atoms with Gasteiger partial charge >= 0.3 is 5.97 Å². The number of hydrogen-bond donors (Lipinski definition) is 1. The van der Waals surface area contributed by atoms with E-state index in [1.54, 1.807) is 0 Å². The van der Waals surface area contributed by atoms with Crippen LogP contribution in [-0.4, -0.2) is 45.2 Å². The highest BCUT2D eigenvalue weighted by Crippen LogP contribution is 2.33. The molecule has 1 saturated carbocycles. The standard InChI is InChI=1S/C15H23N3O2/c19-14(20)5-8-17-7-1-2-13(11-17)15-16-6-9-18(15)10-12-3-4-12/h6,9,12-13H,1-5,7-8,10-11H2,(H,19,20). The fourth-order valence-electron chi connectivity index (χ4n) is 3.14. The molecule has 2 heterocycles. The molecule has 1 unspecified atom stereocenters. The van der Waals surface area contributed by atoms with Crippen molar-refractivity contribution in [1.29, 1.82) is 0 Å². The molecule has 2 aliphatic rings. The van der Waals surface area contributed by atoms with Crippen molar-refractivity contribution in [1.82, 2.24) is 14.5 Å². The van der Waals surface area contributed by atoms with Crippen LogP contribution in [-0.2, 0) is 11.3 Å². The van der Waals surface area contributed by atoms with Crippen molar-refractivity contribution in [3.05, 3.63) is 18.2 Å². The SMILES string of the molecule is O=C(O)CCN1CCCC(c2nccn2CC2CC2)C1. The molecule has 0 radical (unpaired) electrons. The molecular formula is C15H23N3O2. The number of nitrogens with zero attached hydrogens (tertiary/aromatic N) is 3. The first kappa shape index (κ1) is 13.6. The lowest BCUT2D eigenvalue weighted by Gasteiger charge is -2.32. The minimum absolute atomic E-state index is 0.239. The van der Waals surface area contributed by atoms with Gasteiger partial charge in [0.15, 0.2) is 0 Å². The van der Waals surface area contributed by atoms with Crippen LogP contribution in [0.4, 0.5) is 0 Å². The predicted molar refractivity (Wildman–Crippen MR) is 75.6 cm³/mol. The Morgan fingerprint density at radius 3 is 3.00 bits per heavy atom. The van der Waals surface area contributed by atoms with Gasteiger partial charge in [0, 0.05) is 37.9 Å². The van der Waals surface area contributed by atoms with Crippen LogP contribution in [0.15, 0.2) is 12.4 Å². The van der Waals surface area contributed by atoms with Gasteiger partial charge in [-0.15, -0.1) is 0 Å². The lowest BCUT2D eigenvalue weighted by molar-refractivity contribution is -0.137. The maximum atomic E-state index is 10.7. The van der Waals surface area contributed by atoms with E-state index in [-0.39, 0.29) is 6.42 Å². The quantitative estimate of drug-likeness (QED) is 0.863. The number of imidazole rings is 1. The zero-order valence-electron chi connectivity index (χ0n) is 11.9. The molecule has 1 saturated heterocycles. The number of carbonyl (C=O) groups is 1. The van der Waals surface area contributed by atoms with Crippen LogP contribution < -0.4 is 0 Å². The molecule has 0 bridgehead atoms. The summed E-state index contributed by atoms with van der Waals surface area (Å²) in [7, 11) is 0. The smallest absolute Gasteiger partial charge is 0.304 e. The van der Waals surface area contributed by atoms with E-state index in [9.17, 15) is 4.79 Å². The summed E-state index contributed by atoms with van der Waals surface area (Å²) in [5, 5.41) is 8.80. The Morgan fingerprint density at radius 2 is 2.25 bits per heavy atom. The number of carboxylic acids is 1. The number of carboxylic acid groups (broad SMARTS) is 1. The van der Waals surface area contributed by atoms with Gasteiger partial charge in [-0.25, -0.2) is 4.98 Å². The third-order valence-corrected chi connectivity index (χ3v) is 4.41. The van der Waals surface area contributed by atoms with Crippen LogP contribution in [0.3, 0.4) is 0 Å². The fourth-order valence-corrected chi connectivity index (χ4v) is 3.14. The van der Waals surface area contributed by atoms with E-state index in [0.29, 0.717) is 12.5 Å². The average Bonchev–Trinajstić information content (AvgIpc) is 3.13.